The van der Waals surface area contributed by atoms with Gasteiger partial charge in [-0.3, -0.25) is 9.78 Å². The minimum Gasteiger partial charge on any atom is -0.380 e. The number of nitrogens with zero attached hydrogens (tertiary/aromatic N) is 1. The van der Waals surface area contributed by atoms with Gasteiger partial charge in [0.15, 0.2) is 0 Å². The molecule has 1 aromatic rings. The topological polar surface area (TPSA) is 68.0 Å². The van der Waals surface area contributed by atoms with Crippen molar-refractivity contribution < 1.29 is 4.79 Å². The Bertz CT molecular complexity index is 744. The zero-order chi connectivity index (χ0) is 14.9. The Hall–Kier alpha value is -2.10. The number of fused-ring (bicyclic) bond motifs is 2. The fourth-order valence-electron chi connectivity index (χ4n) is 4.06. The summed E-state index contributed by atoms with van der Waals surface area (Å²) in [6, 6.07) is 6.29. The number of primary amides is 1. The third-order valence-corrected chi connectivity index (χ3v) is 5.71. The lowest BCUT2D eigenvalue weighted by molar-refractivity contribution is -0.120. The van der Waals surface area contributed by atoms with E-state index in [9.17, 15) is 4.79 Å². The molecule has 3 unspecified atom stereocenters. The molecule has 1 aliphatic heterocycles. The molecule has 1 aromatic heterocycles. The lowest BCUT2D eigenvalue weighted by Crippen LogP contribution is -2.29. The van der Waals surface area contributed by atoms with E-state index in [-0.39, 0.29) is 11.9 Å². The van der Waals surface area contributed by atoms with Crippen LogP contribution in [0.1, 0.15) is 43.1 Å². The number of carbonyl (C=O) groups is 1. The molecule has 0 aromatic carbocycles. The molecule has 1 saturated heterocycles. The first kappa shape index (κ1) is 12.4. The Labute approximate surface area is 129 Å². The predicted molar refractivity (Wildman–Crippen MR) is 82.6 cm³/mol. The van der Waals surface area contributed by atoms with Crippen molar-refractivity contribution in [3.05, 3.63) is 53.0 Å². The van der Waals surface area contributed by atoms with Gasteiger partial charge in [0.1, 0.15) is 0 Å². The number of carbonyl (C=O) groups excluding carboxylic acids is 1. The van der Waals surface area contributed by atoms with Crippen LogP contribution in [0, 0.1) is 11.8 Å². The molecule has 4 aliphatic rings. The van der Waals surface area contributed by atoms with E-state index < -0.39 is 5.41 Å². The summed E-state index contributed by atoms with van der Waals surface area (Å²) in [5, 5.41) is 3.64. The molecule has 3 N–H and O–H groups in total. The molecule has 1 saturated carbocycles. The Morgan fingerprint density at radius 2 is 2.18 bits per heavy atom. The summed E-state index contributed by atoms with van der Waals surface area (Å²) in [5.74, 6) is 1.13. The van der Waals surface area contributed by atoms with Gasteiger partial charge in [-0.05, 0) is 49.5 Å². The van der Waals surface area contributed by atoms with Gasteiger partial charge in [-0.1, -0.05) is 12.1 Å². The van der Waals surface area contributed by atoms with Gasteiger partial charge in [0, 0.05) is 17.5 Å². The highest BCUT2D eigenvalue weighted by atomic mass is 16.1. The maximum atomic E-state index is 11.7. The van der Waals surface area contributed by atoms with Crippen molar-refractivity contribution >= 4 is 5.91 Å². The summed E-state index contributed by atoms with van der Waals surface area (Å²) in [4.78, 5) is 16.5. The average Bonchev–Trinajstić information content (AvgIpc) is 3.41. The Balaban J connectivity index is 1.44. The van der Waals surface area contributed by atoms with Gasteiger partial charge in [0.05, 0.1) is 22.8 Å². The predicted octanol–water partition coefficient (Wildman–Crippen LogP) is 2.09. The molecule has 3 atom stereocenters. The van der Waals surface area contributed by atoms with Crippen molar-refractivity contribution in [3.63, 3.8) is 0 Å². The van der Waals surface area contributed by atoms with Gasteiger partial charge in [-0.15, -0.1) is 0 Å². The lowest BCUT2D eigenvalue weighted by atomic mass is 9.90. The fourth-order valence-corrected chi connectivity index (χ4v) is 4.06. The molecular weight excluding hydrogens is 274 g/mol. The first-order valence-electron chi connectivity index (χ1n) is 8.13. The third-order valence-electron chi connectivity index (χ3n) is 5.71. The molecule has 0 radical (unpaired) electrons. The first-order chi connectivity index (χ1) is 10.7. The Morgan fingerprint density at radius 3 is 2.95 bits per heavy atom. The molecule has 0 bridgehead atoms. The van der Waals surface area contributed by atoms with E-state index in [0.29, 0.717) is 5.92 Å². The first-order valence-corrected chi connectivity index (χ1v) is 8.13. The lowest BCUT2D eigenvalue weighted by Gasteiger charge is -2.15. The van der Waals surface area contributed by atoms with Gasteiger partial charge in [-0.25, -0.2) is 0 Å². The van der Waals surface area contributed by atoms with Crippen LogP contribution < -0.4 is 11.1 Å². The zero-order valence-corrected chi connectivity index (χ0v) is 12.4. The van der Waals surface area contributed by atoms with E-state index in [1.54, 1.807) is 0 Å². The van der Waals surface area contributed by atoms with Crippen LogP contribution in [0.2, 0.25) is 0 Å². The molecule has 112 valence electrons. The second-order valence-electron chi connectivity index (χ2n) is 7.13. The van der Waals surface area contributed by atoms with E-state index in [2.05, 4.69) is 23.5 Å². The van der Waals surface area contributed by atoms with Crippen LogP contribution in [-0.2, 0) is 10.2 Å². The fraction of sp³-hybridized carbons (Fsp3) is 0.444. The molecule has 22 heavy (non-hydrogen) atoms. The molecule has 5 rings (SSSR count). The SMILES string of the molecule is NC(=O)C1(c2cccc(C3CC4CC5C=C5C=C4N3)n2)CC1. The van der Waals surface area contributed by atoms with Crippen LogP contribution in [0.5, 0.6) is 0 Å². The molecular formula is C18H19N3O. The van der Waals surface area contributed by atoms with Crippen molar-refractivity contribution in [1.29, 1.82) is 0 Å². The molecule has 0 spiro atoms. The van der Waals surface area contributed by atoms with Crippen molar-refractivity contribution in [2.75, 3.05) is 0 Å². The number of amides is 1. The molecule has 1 amide bonds. The van der Waals surface area contributed by atoms with E-state index in [1.165, 1.54) is 17.7 Å². The van der Waals surface area contributed by atoms with Crippen LogP contribution in [0.3, 0.4) is 0 Å². The summed E-state index contributed by atoms with van der Waals surface area (Å²) >= 11 is 0. The van der Waals surface area contributed by atoms with Crippen LogP contribution in [0.25, 0.3) is 0 Å². The van der Waals surface area contributed by atoms with Crippen LogP contribution in [0.15, 0.2) is 41.6 Å². The third kappa shape index (κ3) is 1.70. The van der Waals surface area contributed by atoms with Gasteiger partial charge >= 0.3 is 0 Å². The van der Waals surface area contributed by atoms with Crippen LogP contribution in [0.4, 0.5) is 0 Å². The number of nitrogens with one attached hydrogen (secondary N) is 1. The average molecular weight is 293 g/mol. The number of rotatable bonds is 3. The maximum Gasteiger partial charge on any atom is 0.229 e. The number of hydrogen-bond acceptors (Lipinski definition) is 3. The molecule has 3 aliphatic carbocycles. The monoisotopic (exact) mass is 293 g/mol. The molecule has 2 heterocycles. The quantitative estimate of drug-likeness (QED) is 0.896. The highest BCUT2D eigenvalue weighted by molar-refractivity contribution is 5.89. The number of allylic oxidation sites excluding steroid dienone is 4. The standard InChI is InChI=1S/C18H19N3O/c19-17(22)18(4-5-18)16-3-1-2-13(21-16)15-9-12-7-10-6-11(10)8-14(12)20-15/h1-3,6,8,10,12,15,20H,4-5,7,9H2,(H2,19,22). The Morgan fingerprint density at radius 1 is 1.32 bits per heavy atom. The molecule has 4 nitrogen and oxygen atoms in total. The smallest absolute Gasteiger partial charge is 0.229 e. The normalized spacial score (nSPS) is 33.0. The number of pyridine rings is 1. The van der Waals surface area contributed by atoms with Crippen molar-refractivity contribution in [3.8, 4) is 0 Å². The van der Waals surface area contributed by atoms with Crippen LogP contribution >= 0.6 is 0 Å². The van der Waals surface area contributed by atoms with E-state index in [1.807, 2.05) is 12.1 Å². The number of aromatic nitrogens is 1. The van der Waals surface area contributed by atoms with E-state index in [4.69, 9.17) is 10.7 Å². The second kappa shape index (κ2) is 4.00. The van der Waals surface area contributed by atoms with E-state index >= 15 is 0 Å². The van der Waals surface area contributed by atoms with Gasteiger partial charge in [-0.2, -0.15) is 0 Å². The van der Waals surface area contributed by atoms with Crippen molar-refractivity contribution in [1.82, 2.24) is 10.3 Å². The zero-order valence-electron chi connectivity index (χ0n) is 12.4. The summed E-state index contributed by atoms with van der Waals surface area (Å²) in [6.45, 7) is 0. The number of nitrogens with two attached hydrogens (primary N) is 1. The molecule has 2 fully saturated rings. The molecule has 4 heteroatoms. The maximum absolute atomic E-state index is 11.7. The van der Waals surface area contributed by atoms with Crippen LogP contribution in [-0.4, -0.2) is 10.9 Å². The number of hydrogen-bond donors (Lipinski definition) is 2. The Kier molecular flexibility index (Phi) is 2.26. The summed E-state index contributed by atoms with van der Waals surface area (Å²) in [7, 11) is 0. The minimum absolute atomic E-state index is 0.236. The van der Waals surface area contributed by atoms with Gasteiger partial charge < -0.3 is 11.1 Å². The second-order valence-corrected chi connectivity index (χ2v) is 7.13. The van der Waals surface area contributed by atoms with Crippen molar-refractivity contribution in [2.24, 2.45) is 17.6 Å². The van der Waals surface area contributed by atoms with Gasteiger partial charge in [0.2, 0.25) is 5.91 Å². The minimum atomic E-state index is -0.493. The largest absolute Gasteiger partial charge is 0.380 e. The summed E-state index contributed by atoms with van der Waals surface area (Å²) in [6.07, 6.45) is 8.68. The highest BCUT2D eigenvalue weighted by Crippen LogP contribution is 2.50. The van der Waals surface area contributed by atoms with E-state index in [0.717, 1.165) is 36.6 Å². The summed E-state index contributed by atoms with van der Waals surface area (Å²) < 4.78 is 0. The van der Waals surface area contributed by atoms with Gasteiger partial charge in [0.25, 0.3) is 0 Å². The highest BCUT2D eigenvalue weighted by Gasteiger charge is 2.51. The summed E-state index contributed by atoms with van der Waals surface area (Å²) in [5.41, 5.74) is 9.84. The van der Waals surface area contributed by atoms with Crippen molar-refractivity contribution in [2.45, 2.75) is 37.1 Å².